The van der Waals surface area contributed by atoms with E-state index in [0.717, 1.165) is 12.8 Å². The molecule has 0 heterocycles. The Morgan fingerprint density at radius 2 is 1.95 bits per heavy atom. The molecule has 20 heavy (non-hydrogen) atoms. The number of ether oxygens (including phenoxy) is 1. The largest absolute Gasteiger partial charge is 0.471 e. The Morgan fingerprint density at radius 3 is 2.65 bits per heavy atom. The van der Waals surface area contributed by atoms with Crippen LogP contribution in [0.3, 0.4) is 0 Å². The second kappa shape index (κ2) is 10.2. The highest BCUT2D eigenvalue weighted by Gasteiger charge is 2.01. The number of hydrogen-bond acceptors (Lipinski definition) is 3. The number of hydrogen-bond donors (Lipinski definition) is 2. The Bertz CT molecular complexity index is 410. The summed E-state index contributed by atoms with van der Waals surface area (Å²) in [6.45, 7) is 3.78. The highest BCUT2D eigenvalue weighted by Crippen LogP contribution is 1.98. The fraction of sp³-hybridized carbons (Fsp3) is 0.467. The lowest BCUT2D eigenvalue weighted by atomic mass is 10.1. The lowest BCUT2D eigenvalue weighted by Crippen LogP contribution is -2.28. The normalized spacial score (nSPS) is 9.85. The maximum absolute atomic E-state index is 11.6. The molecule has 1 aromatic rings. The molecule has 0 bridgehead atoms. The van der Waals surface area contributed by atoms with Crippen LogP contribution < -0.4 is 10.6 Å². The summed E-state index contributed by atoms with van der Waals surface area (Å²) < 4.78 is 5.08. The highest BCUT2D eigenvalue weighted by molar-refractivity contribution is 7.80. The molecule has 5 heteroatoms. The van der Waals surface area contributed by atoms with Gasteiger partial charge >= 0.3 is 0 Å². The van der Waals surface area contributed by atoms with Gasteiger partial charge in [-0.3, -0.25) is 4.79 Å². The Kier molecular flexibility index (Phi) is 8.38. The van der Waals surface area contributed by atoms with Crippen molar-refractivity contribution in [2.45, 2.75) is 26.2 Å². The van der Waals surface area contributed by atoms with Gasteiger partial charge in [0.25, 0.3) is 5.17 Å². The smallest absolute Gasteiger partial charge is 0.256 e. The van der Waals surface area contributed by atoms with Crippen molar-refractivity contribution in [2.75, 3.05) is 19.7 Å². The third-order valence-corrected chi connectivity index (χ3v) is 2.97. The molecule has 110 valence electrons. The van der Waals surface area contributed by atoms with E-state index < -0.39 is 0 Å². The van der Waals surface area contributed by atoms with E-state index in [9.17, 15) is 4.79 Å². The molecule has 1 rings (SSSR count). The van der Waals surface area contributed by atoms with Crippen molar-refractivity contribution in [3.63, 3.8) is 0 Å². The summed E-state index contributed by atoms with van der Waals surface area (Å²) in [6, 6.07) is 10.1. The quantitative estimate of drug-likeness (QED) is 0.569. The van der Waals surface area contributed by atoms with Crippen LogP contribution in [0.2, 0.25) is 0 Å². The molecule has 1 amide bonds. The third-order valence-electron chi connectivity index (χ3n) is 2.70. The number of nitrogens with one attached hydrogen (secondary N) is 2. The van der Waals surface area contributed by atoms with Crippen molar-refractivity contribution in [1.29, 1.82) is 0 Å². The first kappa shape index (κ1) is 16.4. The molecule has 0 atom stereocenters. The average Bonchev–Trinajstić information content (AvgIpc) is 2.45. The van der Waals surface area contributed by atoms with Crippen molar-refractivity contribution >= 4 is 23.3 Å². The Labute approximate surface area is 125 Å². The molecule has 0 aliphatic carbocycles. The molecule has 4 nitrogen and oxygen atoms in total. The first-order valence-corrected chi connectivity index (χ1v) is 7.34. The van der Waals surface area contributed by atoms with Crippen molar-refractivity contribution in [3.05, 3.63) is 35.9 Å². The van der Waals surface area contributed by atoms with E-state index in [2.05, 4.69) is 22.8 Å². The number of rotatable bonds is 8. The van der Waals surface area contributed by atoms with Gasteiger partial charge in [0.15, 0.2) is 0 Å². The summed E-state index contributed by atoms with van der Waals surface area (Å²) in [5.41, 5.74) is 1.23. The zero-order chi connectivity index (χ0) is 14.6. The molecule has 0 aliphatic heterocycles. The summed E-state index contributed by atoms with van der Waals surface area (Å²) in [6.07, 6.45) is 2.10. The maximum Gasteiger partial charge on any atom is 0.256 e. The van der Waals surface area contributed by atoms with E-state index >= 15 is 0 Å². The van der Waals surface area contributed by atoms with Crippen LogP contribution in [0.5, 0.6) is 0 Å². The van der Waals surface area contributed by atoms with Gasteiger partial charge in [0.05, 0.1) is 6.61 Å². The van der Waals surface area contributed by atoms with Crippen molar-refractivity contribution in [2.24, 2.45) is 0 Å². The minimum Gasteiger partial charge on any atom is -0.471 e. The van der Waals surface area contributed by atoms with Gasteiger partial charge in [-0.25, -0.2) is 0 Å². The first-order chi connectivity index (χ1) is 9.72. The van der Waals surface area contributed by atoms with Gasteiger partial charge in [0.2, 0.25) is 5.91 Å². The zero-order valence-corrected chi connectivity index (χ0v) is 12.7. The monoisotopic (exact) mass is 294 g/mol. The lowest BCUT2D eigenvalue weighted by molar-refractivity contribution is -0.121. The van der Waals surface area contributed by atoms with E-state index in [1.165, 1.54) is 5.56 Å². The summed E-state index contributed by atoms with van der Waals surface area (Å²) in [5.74, 6) is 0.0741. The number of benzene rings is 1. The predicted octanol–water partition coefficient (Wildman–Crippen LogP) is 2.04. The molecule has 0 fully saturated rings. The van der Waals surface area contributed by atoms with Crippen LogP contribution in [0.15, 0.2) is 30.3 Å². The highest BCUT2D eigenvalue weighted by atomic mass is 32.1. The summed E-state index contributed by atoms with van der Waals surface area (Å²) >= 11 is 4.92. The van der Waals surface area contributed by atoms with Crippen LogP contribution in [0.25, 0.3) is 0 Å². The van der Waals surface area contributed by atoms with Gasteiger partial charge < -0.3 is 15.4 Å². The molecule has 0 spiro atoms. The van der Waals surface area contributed by atoms with Gasteiger partial charge in [-0.1, -0.05) is 30.3 Å². The van der Waals surface area contributed by atoms with Crippen LogP contribution in [-0.2, 0) is 16.0 Å². The van der Waals surface area contributed by atoms with E-state index in [-0.39, 0.29) is 5.91 Å². The molecular weight excluding hydrogens is 272 g/mol. The molecular formula is C15H22N2O2S. The van der Waals surface area contributed by atoms with Crippen LogP contribution in [0, 0.1) is 0 Å². The fourth-order valence-electron chi connectivity index (χ4n) is 1.70. The third kappa shape index (κ3) is 7.74. The molecule has 2 N–H and O–H groups in total. The van der Waals surface area contributed by atoms with Crippen LogP contribution in [0.1, 0.15) is 25.3 Å². The topological polar surface area (TPSA) is 50.4 Å². The molecule has 0 aliphatic rings. The lowest BCUT2D eigenvalue weighted by Gasteiger charge is -2.08. The zero-order valence-electron chi connectivity index (χ0n) is 11.9. The van der Waals surface area contributed by atoms with Gasteiger partial charge in [-0.2, -0.15) is 0 Å². The van der Waals surface area contributed by atoms with Crippen molar-refractivity contribution < 1.29 is 9.53 Å². The SMILES string of the molecule is CCOC(=S)NCCCC(=O)NCCc1ccccc1. The van der Waals surface area contributed by atoms with Crippen LogP contribution >= 0.6 is 12.2 Å². The number of carbonyl (C=O) groups excluding carboxylic acids is 1. The molecule has 0 radical (unpaired) electrons. The minimum absolute atomic E-state index is 0.0741. The second-order valence-electron chi connectivity index (χ2n) is 4.34. The van der Waals surface area contributed by atoms with Crippen molar-refractivity contribution in [1.82, 2.24) is 10.6 Å². The van der Waals surface area contributed by atoms with E-state index in [1.807, 2.05) is 25.1 Å². The molecule has 1 aromatic carbocycles. The summed E-state index contributed by atoms with van der Waals surface area (Å²) in [7, 11) is 0. The van der Waals surface area contributed by atoms with E-state index in [1.54, 1.807) is 0 Å². The first-order valence-electron chi connectivity index (χ1n) is 6.93. The fourth-order valence-corrected chi connectivity index (χ4v) is 1.92. The van der Waals surface area contributed by atoms with Crippen LogP contribution in [-0.4, -0.2) is 30.8 Å². The molecule has 0 saturated carbocycles. The summed E-state index contributed by atoms with van der Waals surface area (Å²) in [4.78, 5) is 11.6. The van der Waals surface area contributed by atoms with Gasteiger partial charge in [0, 0.05) is 19.5 Å². The molecule has 0 unspecified atom stereocenters. The second-order valence-corrected chi connectivity index (χ2v) is 4.71. The molecule has 0 saturated heterocycles. The Hall–Kier alpha value is -1.62. The Morgan fingerprint density at radius 1 is 1.20 bits per heavy atom. The average molecular weight is 294 g/mol. The van der Waals surface area contributed by atoms with E-state index in [4.69, 9.17) is 17.0 Å². The number of carbonyl (C=O) groups is 1. The van der Waals surface area contributed by atoms with Crippen LogP contribution in [0.4, 0.5) is 0 Å². The standard InChI is InChI=1S/C15H22N2O2S/c1-2-19-15(20)17-11-6-9-14(18)16-12-10-13-7-4-3-5-8-13/h3-5,7-8H,2,6,9-12H2,1H3,(H,16,18)(H,17,20). The minimum atomic E-state index is 0.0741. The van der Waals surface area contributed by atoms with Gasteiger partial charge in [-0.15, -0.1) is 0 Å². The predicted molar refractivity (Wildman–Crippen MR) is 84.6 cm³/mol. The maximum atomic E-state index is 11.6. The van der Waals surface area contributed by atoms with Gasteiger partial charge in [-0.05, 0) is 37.5 Å². The summed E-state index contributed by atoms with van der Waals surface area (Å²) in [5, 5.41) is 6.26. The Balaban J connectivity index is 2.02. The molecule has 0 aromatic heterocycles. The van der Waals surface area contributed by atoms with Crippen molar-refractivity contribution in [3.8, 4) is 0 Å². The number of amides is 1. The van der Waals surface area contributed by atoms with Gasteiger partial charge in [0.1, 0.15) is 0 Å². The number of thiocarbonyl (C=S) groups is 1. The van der Waals surface area contributed by atoms with E-state index in [0.29, 0.717) is 31.3 Å².